The molecule has 3 N–H and O–H groups in total. The molecule has 1 rings (SSSR count). The van der Waals surface area contributed by atoms with E-state index in [2.05, 4.69) is 51.9 Å². The third-order valence-corrected chi connectivity index (χ3v) is 5.13. The van der Waals surface area contributed by atoms with Gasteiger partial charge in [0.1, 0.15) is 0 Å². The fourth-order valence-electron chi connectivity index (χ4n) is 2.79. The molecule has 116 valence electrons. The van der Waals surface area contributed by atoms with Crippen molar-refractivity contribution in [1.29, 1.82) is 0 Å². The largest absolute Gasteiger partial charge is 0.271 e. The monoisotopic (exact) mass is 344 g/mol. The molecule has 0 aliphatic carbocycles. The molecule has 0 aromatic carbocycles. The van der Waals surface area contributed by atoms with Crippen LogP contribution in [0.25, 0.3) is 0 Å². The summed E-state index contributed by atoms with van der Waals surface area (Å²) in [6.07, 6.45) is 5.83. The van der Waals surface area contributed by atoms with Crippen LogP contribution in [0.3, 0.4) is 0 Å². The third kappa shape index (κ3) is 4.30. The molecule has 0 spiro atoms. The van der Waals surface area contributed by atoms with Crippen LogP contribution in [0.1, 0.15) is 57.8 Å². The van der Waals surface area contributed by atoms with Crippen molar-refractivity contribution < 1.29 is 0 Å². The standard InChI is InChI=1S/C15H29BrN4/c1-5-8-9-12(6-2)13(18-17)10-14-15(16)11(4)19-20(14)7-3/h12-13,18H,5-10,17H2,1-4H3. The lowest BCUT2D eigenvalue weighted by atomic mass is 9.89. The van der Waals surface area contributed by atoms with Gasteiger partial charge in [0.15, 0.2) is 0 Å². The van der Waals surface area contributed by atoms with Gasteiger partial charge in [0.05, 0.1) is 15.9 Å². The van der Waals surface area contributed by atoms with Gasteiger partial charge in [-0.05, 0) is 42.1 Å². The number of aryl methyl sites for hydroxylation is 2. The Hall–Kier alpha value is -0.390. The number of halogens is 1. The van der Waals surface area contributed by atoms with Crippen LogP contribution >= 0.6 is 15.9 Å². The van der Waals surface area contributed by atoms with Crippen LogP contribution in [0, 0.1) is 12.8 Å². The molecule has 2 unspecified atom stereocenters. The molecule has 1 aromatic rings. The summed E-state index contributed by atoms with van der Waals surface area (Å²) in [6, 6.07) is 0.309. The zero-order chi connectivity index (χ0) is 15.1. The summed E-state index contributed by atoms with van der Waals surface area (Å²) in [5.41, 5.74) is 5.34. The number of hydrazine groups is 1. The molecule has 20 heavy (non-hydrogen) atoms. The molecular formula is C15H29BrN4. The molecule has 0 aliphatic rings. The molecule has 0 aliphatic heterocycles. The second-order valence-electron chi connectivity index (χ2n) is 5.45. The number of nitrogens with one attached hydrogen (secondary N) is 1. The Kier molecular flexibility index (Phi) is 7.77. The highest BCUT2D eigenvalue weighted by atomic mass is 79.9. The van der Waals surface area contributed by atoms with E-state index in [1.807, 2.05) is 6.92 Å². The molecule has 5 heteroatoms. The first-order valence-corrected chi connectivity index (χ1v) is 8.56. The van der Waals surface area contributed by atoms with Crippen molar-refractivity contribution >= 4 is 15.9 Å². The van der Waals surface area contributed by atoms with Gasteiger partial charge in [0, 0.05) is 19.0 Å². The van der Waals surface area contributed by atoms with Crippen molar-refractivity contribution in [3.8, 4) is 0 Å². The van der Waals surface area contributed by atoms with E-state index in [0.717, 1.165) is 29.6 Å². The van der Waals surface area contributed by atoms with E-state index in [-0.39, 0.29) is 0 Å². The summed E-state index contributed by atoms with van der Waals surface area (Å²) in [7, 11) is 0. The van der Waals surface area contributed by atoms with Crippen LogP contribution in [-0.4, -0.2) is 15.8 Å². The summed E-state index contributed by atoms with van der Waals surface area (Å²) in [4.78, 5) is 0. The van der Waals surface area contributed by atoms with Crippen molar-refractivity contribution in [3.05, 3.63) is 15.9 Å². The third-order valence-electron chi connectivity index (χ3n) is 4.10. The van der Waals surface area contributed by atoms with Crippen molar-refractivity contribution in [2.24, 2.45) is 11.8 Å². The van der Waals surface area contributed by atoms with Crippen molar-refractivity contribution in [2.75, 3.05) is 0 Å². The van der Waals surface area contributed by atoms with Gasteiger partial charge in [0.2, 0.25) is 0 Å². The Balaban J connectivity index is 2.86. The predicted molar refractivity (Wildman–Crippen MR) is 88.5 cm³/mol. The molecule has 0 amide bonds. The molecule has 2 atom stereocenters. The van der Waals surface area contributed by atoms with Crippen molar-refractivity contribution in [2.45, 2.75) is 72.4 Å². The average molecular weight is 345 g/mol. The highest BCUT2D eigenvalue weighted by Gasteiger charge is 2.22. The smallest absolute Gasteiger partial charge is 0.0738 e. The minimum absolute atomic E-state index is 0.309. The molecule has 0 radical (unpaired) electrons. The molecule has 0 fully saturated rings. The van der Waals surface area contributed by atoms with E-state index in [0.29, 0.717) is 12.0 Å². The van der Waals surface area contributed by atoms with Gasteiger partial charge < -0.3 is 0 Å². The Bertz CT molecular complexity index is 403. The molecular weight excluding hydrogens is 316 g/mol. The molecule has 0 saturated heterocycles. The first-order chi connectivity index (χ1) is 9.58. The lowest BCUT2D eigenvalue weighted by molar-refractivity contribution is 0.313. The lowest BCUT2D eigenvalue weighted by Gasteiger charge is -2.26. The number of nitrogens with zero attached hydrogens (tertiary/aromatic N) is 2. The predicted octanol–water partition coefficient (Wildman–Crippen LogP) is 3.56. The van der Waals surface area contributed by atoms with Gasteiger partial charge in [0.25, 0.3) is 0 Å². The highest BCUT2D eigenvalue weighted by Crippen LogP contribution is 2.26. The van der Waals surface area contributed by atoms with E-state index in [4.69, 9.17) is 5.84 Å². The van der Waals surface area contributed by atoms with Crippen LogP contribution in [0.2, 0.25) is 0 Å². The molecule has 0 saturated carbocycles. The average Bonchev–Trinajstić information content (AvgIpc) is 2.73. The van der Waals surface area contributed by atoms with Gasteiger partial charge in [-0.3, -0.25) is 16.0 Å². The fourth-order valence-corrected chi connectivity index (χ4v) is 3.24. The maximum atomic E-state index is 5.82. The maximum Gasteiger partial charge on any atom is 0.0738 e. The number of hydrogen-bond donors (Lipinski definition) is 2. The van der Waals surface area contributed by atoms with E-state index in [1.54, 1.807) is 0 Å². The lowest BCUT2D eigenvalue weighted by Crippen LogP contribution is -2.42. The number of nitrogens with two attached hydrogens (primary N) is 1. The molecule has 1 heterocycles. The quantitative estimate of drug-likeness (QED) is 0.531. The number of rotatable bonds is 9. The maximum absolute atomic E-state index is 5.82. The van der Waals surface area contributed by atoms with Gasteiger partial charge in [-0.15, -0.1) is 0 Å². The zero-order valence-electron chi connectivity index (χ0n) is 13.2. The van der Waals surface area contributed by atoms with Gasteiger partial charge in [-0.25, -0.2) is 0 Å². The highest BCUT2D eigenvalue weighted by molar-refractivity contribution is 9.10. The Labute approximate surface area is 131 Å². The topological polar surface area (TPSA) is 55.9 Å². The van der Waals surface area contributed by atoms with Gasteiger partial charge in [-0.2, -0.15) is 5.10 Å². The Morgan fingerprint density at radius 3 is 2.55 bits per heavy atom. The van der Waals surface area contributed by atoms with Crippen LogP contribution in [-0.2, 0) is 13.0 Å². The fraction of sp³-hybridized carbons (Fsp3) is 0.800. The molecule has 0 bridgehead atoms. The molecule has 1 aromatic heterocycles. The van der Waals surface area contributed by atoms with Crippen LogP contribution in [0.4, 0.5) is 0 Å². The van der Waals surface area contributed by atoms with Gasteiger partial charge >= 0.3 is 0 Å². The van der Waals surface area contributed by atoms with Crippen LogP contribution < -0.4 is 11.3 Å². The molecule has 4 nitrogen and oxygen atoms in total. The minimum Gasteiger partial charge on any atom is -0.271 e. The summed E-state index contributed by atoms with van der Waals surface area (Å²) in [5.74, 6) is 6.44. The SMILES string of the molecule is CCCCC(CC)C(Cc1c(Br)c(C)nn1CC)NN. The summed E-state index contributed by atoms with van der Waals surface area (Å²) < 4.78 is 3.21. The van der Waals surface area contributed by atoms with Crippen molar-refractivity contribution in [3.63, 3.8) is 0 Å². The minimum atomic E-state index is 0.309. The van der Waals surface area contributed by atoms with Crippen LogP contribution in [0.5, 0.6) is 0 Å². The first-order valence-electron chi connectivity index (χ1n) is 7.76. The first kappa shape index (κ1) is 17.7. The Morgan fingerprint density at radius 2 is 2.05 bits per heavy atom. The summed E-state index contributed by atoms with van der Waals surface area (Å²) in [5, 5.41) is 4.56. The summed E-state index contributed by atoms with van der Waals surface area (Å²) in [6.45, 7) is 9.55. The second kappa shape index (κ2) is 8.80. The van der Waals surface area contributed by atoms with Gasteiger partial charge in [-0.1, -0.05) is 33.1 Å². The van der Waals surface area contributed by atoms with E-state index >= 15 is 0 Å². The van der Waals surface area contributed by atoms with Crippen LogP contribution in [0.15, 0.2) is 4.47 Å². The number of hydrogen-bond acceptors (Lipinski definition) is 3. The van der Waals surface area contributed by atoms with Crippen molar-refractivity contribution in [1.82, 2.24) is 15.2 Å². The van der Waals surface area contributed by atoms with E-state index in [1.165, 1.54) is 25.0 Å². The number of unbranched alkanes of at least 4 members (excludes halogenated alkanes) is 1. The zero-order valence-corrected chi connectivity index (χ0v) is 14.8. The van der Waals surface area contributed by atoms with E-state index in [9.17, 15) is 0 Å². The normalized spacial score (nSPS) is 14.5. The van der Waals surface area contributed by atoms with E-state index < -0.39 is 0 Å². The summed E-state index contributed by atoms with van der Waals surface area (Å²) >= 11 is 3.67. The Morgan fingerprint density at radius 1 is 1.35 bits per heavy atom. The second-order valence-corrected chi connectivity index (χ2v) is 6.24. The number of aromatic nitrogens is 2.